The van der Waals surface area contributed by atoms with Gasteiger partial charge in [-0.3, -0.25) is 9.59 Å². The van der Waals surface area contributed by atoms with E-state index in [1.54, 1.807) is 18.2 Å². The summed E-state index contributed by atoms with van der Waals surface area (Å²) in [4.78, 5) is 21.8. The predicted molar refractivity (Wildman–Crippen MR) is 63.7 cm³/mol. The number of aliphatic carboxylic acids is 1. The molecule has 0 aliphatic rings. The summed E-state index contributed by atoms with van der Waals surface area (Å²) in [7, 11) is 0. The Morgan fingerprint density at radius 1 is 1.38 bits per heavy atom. The van der Waals surface area contributed by atoms with E-state index >= 15 is 0 Å². The molecule has 1 amide bonds. The molecular weight excluding hydrogens is 274 g/mol. The first-order valence-corrected chi connectivity index (χ1v) is 5.90. The molecule has 2 N–H and O–H groups in total. The Morgan fingerprint density at radius 2 is 2.12 bits per heavy atom. The van der Waals surface area contributed by atoms with E-state index in [1.807, 2.05) is 6.07 Å². The summed E-state index contributed by atoms with van der Waals surface area (Å²) >= 11 is 3.30. The highest BCUT2D eigenvalue weighted by Gasteiger charge is 2.06. The molecule has 1 aromatic rings. The standard InChI is InChI=1S/C11H12BrNO3/c12-7-8-2-1-3-9(6-8)11(16)13-5-4-10(14)15/h1-3,6H,4-5,7H2,(H,13,16)(H,14,15). The van der Waals surface area contributed by atoms with E-state index < -0.39 is 5.97 Å². The fourth-order valence-electron chi connectivity index (χ4n) is 1.18. The van der Waals surface area contributed by atoms with Crippen molar-refractivity contribution in [3.8, 4) is 0 Å². The van der Waals surface area contributed by atoms with Gasteiger partial charge >= 0.3 is 5.97 Å². The molecule has 0 fully saturated rings. The summed E-state index contributed by atoms with van der Waals surface area (Å²) < 4.78 is 0. The Hall–Kier alpha value is -1.36. The second-order valence-corrected chi connectivity index (χ2v) is 3.79. The maximum absolute atomic E-state index is 11.6. The number of halogens is 1. The number of hydrogen-bond acceptors (Lipinski definition) is 2. The van der Waals surface area contributed by atoms with E-state index in [0.717, 1.165) is 5.56 Å². The lowest BCUT2D eigenvalue weighted by Crippen LogP contribution is -2.26. The number of carbonyl (C=O) groups is 2. The molecule has 0 aromatic heterocycles. The van der Waals surface area contributed by atoms with Crippen molar-refractivity contribution < 1.29 is 14.7 Å². The number of rotatable bonds is 5. The molecule has 5 heteroatoms. The number of carboxylic acids is 1. The fraction of sp³-hybridized carbons (Fsp3) is 0.273. The number of alkyl halides is 1. The van der Waals surface area contributed by atoms with Gasteiger partial charge in [0.1, 0.15) is 0 Å². The first kappa shape index (κ1) is 12.7. The van der Waals surface area contributed by atoms with Crippen molar-refractivity contribution in [3.63, 3.8) is 0 Å². The summed E-state index contributed by atoms with van der Waals surface area (Å²) in [5.74, 6) is -1.17. The van der Waals surface area contributed by atoms with Gasteiger partial charge in [0.15, 0.2) is 0 Å². The van der Waals surface area contributed by atoms with Gasteiger partial charge in [-0.15, -0.1) is 0 Å². The van der Waals surface area contributed by atoms with Crippen LogP contribution in [0, 0.1) is 0 Å². The van der Waals surface area contributed by atoms with Crippen LogP contribution in [0.15, 0.2) is 24.3 Å². The van der Waals surface area contributed by atoms with Crippen LogP contribution in [0.5, 0.6) is 0 Å². The van der Waals surface area contributed by atoms with E-state index in [4.69, 9.17) is 5.11 Å². The maximum Gasteiger partial charge on any atom is 0.305 e. The van der Waals surface area contributed by atoms with Crippen molar-refractivity contribution in [2.45, 2.75) is 11.8 Å². The van der Waals surface area contributed by atoms with Crippen molar-refractivity contribution in [1.82, 2.24) is 5.32 Å². The van der Waals surface area contributed by atoms with Gasteiger partial charge in [-0.1, -0.05) is 28.1 Å². The number of carboxylic acid groups (broad SMARTS) is 1. The molecule has 0 radical (unpaired) electrons. The quantitative estimate of drug-likeness (QED) is 0.811. The third-order valence-corrected chi connectivity index (χ3v) is 2.62. The van der Waals surface area contributed by atoms with Crippen molar-refractivity contribution in [3.05, 3.63) is 35.4 Å². The van der Waals surface area contributed by atoms with Gasteiger partial charge in [0.05, 0.1) is 6.42 Å². The minimum absolute atomic E-state index is 0.0656. The topological polar surface area (TPSA) is 66.4 Å². The second kappa shape index (κ2) is 6.27. The van der Waals surface area contributed by atoms with E-state index in [-0.39, 0.29) is 18.9 Å². The number of benzene rings is 1. The number of carbonyl (C=O) groups excluding carboxylic acids is 1. The van der Waals surface area contributed by atoms with Crippen LogP contribution in [0.25, 0.3) is 0 Å². The predicted octanol–water partition coefficient (Wildman–Crippen LogP) is 1.79. The SMILES string of the molecule is O=C(O)CCNC(=O)c1cccc(CBr)c1. The first-order chi connectivity index (χ1) is 7.63. The molecule has 1 rings (SSSR count). The van der Waals surface area contributed by atoms with Gasteiger partial charge < -0.3 is 10.4 Å². The molecule has 0 heterocycles. The average Bonchev–Trinajstić information content (AvgIpc) is 2.28. The third-order valence-electron chi connectivity index (χ3n) is 1.97. The van der Waals surface area contributed by atoms with Crippen LogP contribution in [0.1, 0.15) is 22.3 Å². The smallest absolute Gasteiger partial charge is 0.305 e. The summed E-state index contributed by atoms with van der Waals surface area (Å²) in [5, 5.41) is 11.7. The molecule has 0 aliphatic heterocycles. The monoisotopic (exact) mass is 285 g/mol. The molecule has 0 atom stereocenters. The zero-order valence-corrected chi connectivity index (χ0v) is 10.2. The summed E-state index contributed by atoms with van der Waals surface area (Å²) in [5.41, 5.74) is 1.55. The van der Waals surface area contributed by atoms with Gasteiger partial charge in [-0.2, -0.15) is 0 Å². The van der Waals surface area contributed by atoms with Gasteiger partial charge in [-0.05, 0) is 17.7 Å². The Bertz CT molecular complexity index is 393. The summed E-state index contributed by atoms with van der Waals surface area (Å²) in [6.45, 7) is 0.146. The Morgan fingerprint density at radius 3 is 2.75 bits per heavy atom. The van der Waals surface area contributed by atoms with Gasteiger partial charge in [0, 0.05) is 17.4 Å². The molecule has 16 heavy (non-hydrogen) atoms. The highest BCUT2D eigenvalue weighted by atomic mass is 79.9. The molecule has 86 valence electrons. The molecule has 0 bridgehead atoms. The lowest BCUT2D eigenvalue weighted by molar-refractivity contribution is -0.136. The summed E-state index contributed by atoms with van der Waals surface area (Å²) in [6.07, 6.45) is -0.0656. The van der Waals surface area contributed by atoms with Crippen molar-refractivity contribution in [2.24, 2.45) is 0 Å². The van der Waals surface area contributed by atoms with Crippen molar-refractivity contribution >= 4 is 27.8 Å². The average molecular weight is 286 g/mol. The van der Waals surface area contributed by atoms with Gasteiger partial charge in [0.2, 0.25) is 0 Å². The maximum atomic E-state index is 11.6. The Labute approximate surface area is 102 Å². The Kier molecular flexibility index (Phi) is 4.98. The van der Waals surface area contributed by atoms with Crippen LogP contribution in [0.3, 0.4) is 0 Å². The van der Waals surface area contributed by atoms with Crippen LogP contribution in [0.2, 0.25) is 0 Å². The number of nitrogens with one attached hydrogen (secondary N) is 1. The molecule has 0 aliphatic carbocycles. The van der Waals surface area contributed by atoms with E-state index in [0.29, 0.717) is 10.9 Å². The van der Waals surface area contributed by atoms with Crippen LogP contribution in [-0.4, -0.2) is 23.5 Å². The zero-order chi connectivity index (χ0) is 12.0. The van der Waals surface area contributed by atoms with Crippen LogP contribution in [-0.2, 0) is 10.1 Å². The third kappa shape index (κ3) is 4.02. The minimum Gasteiger partial charge on any atom is -0.481 e. The number of hydrogen-bond donors (Lipinski definition) is 2. The highest BCUT2D eigenvalue weighted by molar-refractivity contribution is 9.08. The molecule has 0 saturated carbocycles. The minimum atomic E-state index is -0.922. The molecule has 0 saturated heterocycles. The second-order valence-electron chi connectivity index (χ2n) is 3.23. The highest BCUT2D eigenvalue weighted by Crippen LogP contribution is 2.08. The summed E-state index contributed by atoms with van der Waals surface area (Å²) in [6, 6.07) is 7.17. The number of amides is 1. The first-order valence-electron chi connectivity index (χ1n) is 4.78. The molecular formula is C11H12BrNO3. The van der Waals surface area contributed by atoms with Crippen molar-refractivity contribution in [2.75, 3.05) is 6.54 Å². The van der Waals surface area contributed by atoms with Crippen molar-refractivity contribution in [1.29, 1.82) is 0 Å². The van der Waals surface area contributed by atoms with Gasteiger partial charge in [-0.25, -0.2) is 0 Å². The van der Waals surface area contributed by atoms with E-state index in [2.05, 4.69) is 21.2 Å². The zero-order valence-electron chi connectivity index (χ0n) is 8.57. The van der Waals surface area contributed by atoms with Crippen LogP contribution < -0.4 is 5.32 Å². The largest absolute Gasteiger partial charge is 0.481 e. The van der Waals surface area contributed by atoms with Crippen LogP contribution >= 0.6 is 15.9 Å². The van der Waals surface area contributed by atoms with E-state index in [9.17, 15) is 9.59 Å². The van der Waals surface area contributed by atoms with Crippen LogP contribution in [0.4, 0.5) is 0 Å². The molecule has 0 unspecified atom stereocenters. The molecule has 1 aromatic carbocycles. The molecule has 4 nitrogen and oxygen atoms in total. The normalized spacial score (nSPS) is 9.81. The lowest BCUT2D eigenvalue weighted by Gasteiger charge is -2.04. The molecule has 0 spiro atoms. The lowest BCUT2D eigenvalue weighted by atomic mass is 10.1. The van der Waals surface area contributed by atoms with Gasteiger partial charge in [0.25, 0.3) is 5.91 Å². The fourth-order valence-corrected chi connectivity index (χ4v) is 1.53. The Balaban J connectivity index is 2.55. The van der Waals surface area contributed by atoms with E-state index in [1.165, 1.54) is 0 Å².